The van der Waals surface area contributed by atoms with Gasteiger partial charge >= 0.3 is 0 Å². The molecule has 1 aromatic carbocycles. The Balaban J connectivity index is 1.70. The van der Waals surface area contributed by atoms with Crippen LogP contribution in [-0.2, 0) is 11.2 Å². The van der Waals surface area contributed by atoms with Crippen molar-refractivity contribution in [1.82, 2.24) is 19.7 Å². The van der Waals surface area contributed by atoms with E-state index in [1.807, 2.05) is 0 Å². The van der Waals surface area contributed by atoms with E-state index in [1.165, 1.54) is 6.07 Å². The maximum Gasteiger partial charge on any atom is 0.161 e. The molecular formula is C17H20FN5O2. The van der Waals surface area contributed by atoms with Gasteiger partial charge in [-0.2, -0.15) is 5.10 Å². The number of nitrogen functional groups attached to an aromatic ring is 1. The van der Waals surface area contributed by atoms with Crippen LogP contribution in [0.4, 0.5) is 10.1 Å². The van der Waals surface area contributed by atoms with Crippen LogP contribution in [-0.4, -0.2) is 38.1 Å². The summed E-state index contributed by atoms with van der Waals surface area (Å²) in [4.78, 5) is 7.55. The van der Waals surface area contributed by atoms with E-state index in [0.717, 1.165) is 25.9 Å². The predicted octanol–water partition coefficient (Wildman–Crippen LogP) is 2.38. The Morgan fingerprint density at radius 3 is 3.04 bits per heavy atom. The monoisotopic (exact) mass is 345 g/mol. The average molecular weight is 345 g/mol. The Labute approximate surface area is 143 Å². The third-order valence-electron chi connectivity index (χ3n) is 4.47. The van der Waals surface area contributed by atoms with E-state index in [1.54, 1.807) is 16.9 Å². The molecule has 1 unspecified atom stereocenters. The normalized spacial score (nSPS) is 18.1. The number of benzene rings is 1. The summed E-state index contributed by atoms with van der Waals surface area (Å²) in [6, 6.07) is 3.02. The third-order valence-corrected chi connectivity index (χ3v) is 4.47. The van der Waals surface area contributed by atoms with Gasteiger partial charge in [-0.15, -0.1) is 0 Å². The molecule has 0 radical (unpaired) electrons. The Morgan fingerprint density at radius 2 is 2.28 bits per heavy atom. The Bertz CT molecular complexity index is 898. The largest absolute Gasteiger partial charge is 0.396 e. The van der Waals surface area contributed by atoms with E-state index in [0.29, 0.717) is 33.8 Å². The molecule has 4 N–H and O–H groups in total. The van der Waals surface area contributed by atoms with Gasteiger partial charge in [0.15, 0.2) is 11.5 Å². The number of nitrogens with two attached hydrogens (primary N) is 1. The van der Waals surface area contributed by atoms with Gasteiger partial charge in [-0.05, 0) is 37.3 Å². The highest BCUT2D eigenvalue weighted by atomic mass is 19.1. The number of rotatable bonds is 4. The van der Waals surface area contributed by atoms with E-state index in [9.17, 15) is 4.39 Å². The average Bonchev–Trinajstić information content (AvgIpc) is 3.19. The van der Waals surface area contributed by atoms with Crippen LogP contribution in [0.2, 0.25) is 0 Å². The molecule has 1 saturated heterocycles. The maximum atomic E-state index is 14.0. The second kappa shape index (κ2) is 6.45. The molecule has 1 fully saturated rings. The standard InChI is InChI=1S/C17H20FN5O2/c18-11-8-14-13(7-10(11)4-5-24)20-17(21-14)16-12(19)9-23(22-16)15-3-1-2-6-25-15/h7-9,15,24H,1-6,19H2,(H,20,21). The zero-order valence-corrected chi connectivity index (χ0v) is 13.7. The van der Waals surface area contributed by atoms with Crippen LogP contribution in [0.25, 0.3) is 22.6 Å². The van der Waals surface area contributed by atoms with Gasteiger partial charge in [0.1, 0.15) is 12.0 Å². The molecule has 25 heavy (non-hydrogen) atoms. The molecule has 7 nitrogen and oxygen atoms in total. The van der Waals surface area contributed by atoms with Crippen LogP contribution in [0.5, 0.6) is 0 Å². The molecule has 132 valence electrons. The first-order valence-corrected chi connectivity index (χ1v) is 8.41. The zero-order chi connectivity index (χ0) is 17.4. The molecule has 1 aliphatic heterocycles. The fourth-order valence-electron chi connectivity index (χ4n) is 3.17. The molecule has 0 aliphatic carbocycles. The van der Waals surface area contributed by atoms with Gasteiger partial charge in [-0.3, -0.25) is 0 Å². The van der Waals surface area contributed by atoms with Crippen molar-refractivity contribution in [3.63, 3.8) is 0 Å². The summed E-state index contributed by atoms with van der Waals surface area (Å²) < 4.78 is 21.5. The van der Waals surface area contributed by atoms with Crippen molar-refractivity contribution in [2.24, 2.45) is 0 Å². The van der Waals surface area contributed by atoms with Gasteiger partial charge < -0.3 is 20.6 Å². The van der Waals surface area contributed by atoms with Gasteiger partial charge in [-0.1, -0.05) is 0 Å². The number of aliphatic hydroxyl groups excluding tert-OH is 1. The second-order valence-electron chi connectivity index (χ2n) is 6.25. The van der Waals surface area contributed by atoms with Gasteiger partial charge in [-0.25, -0.2) is 14.1 Å². The van der Waals surface area contributed by atoms with Gasteiger partial charge in [0.05, 0.1) is 22.9 Å². The number of fused-ring (bicyclic) bond motifs is 1. The van der Waals surface area contributed by atoms with Crippen molar-refractivity contribution < 1.29 is 14.2 Å². The number of halogens is 1. The molecule has 0 spiro atoms. The summed E-state index contributed by atoms with van der Waals surface area (Å²) in [7, 11) is 0. The van der Waals surface area contributed by atoms with Gasteiger partial charge in [0.25, 0.3) is 0 Å². The highest BCUT2D eigenvalue weighted by Gasteiger charge is 2.20. The van der Waals surface area contributed by atoms with E-state index in [4.69, 9.17) is 15.6 Å². The zero-order valence-electron chi connectivity index (χ0n) is 13.7. The van der Waals surface area contributed by atoms with Crippen LogP contribution in [0, 0.1) is 5.82 Å². The van der Waals surface area contributed by atoms with Gasteiger partial charge in [0.2, 0.25) is 0 Å². The van der Waals surface area contributed by atoms with Crippen LogP contribution < -0.4 is 5.73 Å². The number of H-pyrrole nitrogens is 1. The van der Waals surface area contributed by atoms with Crippen molar-refractivity contribution in [1.29, 1.82) is 0 Å². The first-order chi connectivity index (χ1) is 12.2. The SMILES string of the molecule is Nc1cn(C2CCCCO2)nc1-c1nc2cc(F)c(CCO)cc2[nH]1. The van der Waals surface area contributed by atoms with Crippen LogP contribution >= 0.6 is 0 Å². The fourth-order valence-corrected chi connectivity index (χ4v) is 3.17. The highest BCUT2D eigenvalue weighted by molar-refractivity contribution is 5.81. The minimum atomic E-state index is -0.381. The number of aromatic amines is 1. The number of hydrogen-bond donors (Lipinski definition) is 3. The van der Waals surface area contributed by atoms with E-state index in [-0.39, 0.29) is 25.1 Å². The number of nitrogens with zero attached hydrogens (tertiary/aromatic N) is 3. The first kappa shape index (κ1) is 16.0. The van der Waals surface area contributed by atoms with E-state index >= 15 is 0 Å². The first-order valence-electron chi connectivity index (χ1n) is 8.41. The van der Waals surface area contributed by atoms with Crippen LogP contribution in [0.3, 0.4) is 0 Å². The highest BCUT2D eigenvalue weighted by Crippen LogP contribution is 2.29. The lowest BCUT2D eigenvalue weighted by Gasteiger charge is -2.22. The summed E-state index contributed by atoms with van der Waals surface area (Å²) >= 11 is 0. The van der Waals surface area contributed by atoms with Crippen molar-refractivity contribution in [3.8, 4) is 11.5 Å². The Hall–Kier alpha value is -2.45. The van der Waals surface area contributed by atoms with E-state index < -0.39 is 0 Å². The summed E-state index contributed by atoms with van der Waals surface area (Å²) in [6.45, 7) is 0.611. The lowest BCUT2D eigenvalue weighted by atomic mass is 10.1. The van der Waals surface area contributed by atoms with Crippen molar-refractivity contribution >= 4 is 16.7 Å². The number of anilines is 1. The molecule has 3 aromatic rings. The van der Waals surface area contributed by atoms with Crippen molar-refractivity contribution in [3.05, 3.63) is 29.7 Å². The molecule has 8 heteroatoms. The molecule has 0 saturated carbocycles. The predicted molar refractivity (Wildman–Crippen MR) is 91.3 cm³/mol. The Morgan fingerprint density at radius 1 is 1.40 bits per heavy atom. The Kier molecular flexibility index (Phi) is 4.14. The number of hydrogen-bond acceptors (Lipinski definition) is 5. The third kappa shape index (κ3) is 2.98. The summed E-state index contributed by atoms with van der Waals surface area (Å²) in [6.07, 6.45) is 4.95. The maximum absolute atomic E-state index is 14.0. The molecule has 0 amide bonds. The molecule has 3 heterocycles. The molecule has 1 aliphatic rings. The summed E-state index contributed by atoms with van der Waals surface area (Å²) in [5.74, 6) is 0.108. The lowest BCUT2D eigenvalue weighted by molar-refractivity contribution is -0.0393. The number of aromatic nitrogens is 4. The molecule has 0 bridgehead atoms. The minimum absolute atomic E-state index is 0.109. The van der Waals surface area contributed by atoms with E-state index in [2.05, 4.69) is 15.1 Å². The molecule has 1 atom stereocenters. The smallest absolute Gasteiger partial charge is 0.161 e. The molecule has 2 aromatic heterocycles. The topological polar surface area (TPSA) is 102 Å². The number of nitrogens with one attached hydrogen (secondary N) is 1. The molecule has 4 rings (SSSR count). The lowest BCUT2D eigenvalue weighted by Crippen LogP contribution is -2.18. The summed E-state index contributed by atoms with van der Waals surface area (Å²) in [5.41, 5.74) is 8.74. The van der Waals surface area contributed by atoms with Crippen LogP contribution in [0.1, 0.15) is 31.1 Å². The number of ether oxygens (including phenoxy) is 1. The summed E-state index contributed by atoms with van der Waals surface area (Å²) in [5, 5.41) is 13.5. The fraction of sp³-hybridized carbons (Fsp3) is 0.412. The van der Waals surface area contributed by atoms with Crippen LogP contribution in [0.15, 0.2) is 18.3 Å². The second-order valence-corrected chi connectivity index (χ2v) is 6.25. The van der Waals surface area contributed by atoms with Crippen molar-refractivity contribution in [2.45, 2.75) is 31.9 Å². The van der Waals surface area contributed by atoms with Crippen molar-refractivity contribution in [2.75, 3.05) is 18.9 Å². The number of imidazole rings is 1. The minimum Gasteiger partial charge on any atom is -0.396 e. The molecular weight excluding hydrogens is 325 g/mol. The van der Waals surface area contributed by atoms with Gasteiger partial charge in [0, 0.05) is 19.3 Å². The quantitative estimate of drug-likeness (QED) is 0.674. The number of aliphatic hydroxyl groups is 1.